The minimum atomic E-state index is -0.494. The van der Waals surface area contributed by atoms with Crippen molar-refractivity contribution in [2.45, 2.75) is 12.8 Å². The first kappa shape index (κ1) is 30.1. The van der Waals surface area contributed by atoms with E-state index in [1.54, 1.807) is 24.3 Å². The van der Waals surface area contributed by atoms with Crippen LogP contribution in [-0.4, -0.2) is 26.7 Å². The highest BCUT2D eigenvalue weighted by Crippen LogP contribution is 2.26. The fourth-order valence-electron chi connectivity index (χ4n) is 3.58. The first-order chi connectivity index (χ1) is 19.9. The maximum Gasteiger partial charge on any atom is 0.192 e. The van der Waals surface area contributed by atoms with E-state index in [4.69, 9.17) is 28.9 Å². The lowest BCUT2D eigenvalue weighted by molar-refractivity contribution is 0.112. The number of nitrogens with one attached hydrogen (secondary N) is 2. The van der Waals surface area contributed by atoms with Crippen LogP contribution in [0.15, 0.2) is 84.9 Å². The molecule has 2 aromatic carbocycles. The SMILES string of the molecule is Fc1c(-c2ccccc2)n[nH]c1CCc1ccc(Cl)s1.Nc1n[nH]c(-c2ccccc2)c1F.O=Cc1ccc(Cl)s1. The first-order valence-corrected chi connectivity index (χ1v) is 14.5. The van der Waals surface area contributed by atoms with Gasteiger partial charge in [-0.05, 0) is 37.1 Å². The molecule has 0 atom stereocenters. The smallest absolute Gasteiger partial charge is 0.192 e. The van der Waals surface area contributed by atoms with Gasteiger partial charge < -0.3 is 5.73 Å². The number of hydrogen-bond donors (Lipinski definition) is 3. The quantitative estimate of drug-likeness (QED) is 0.160. The highest BCUT2D eigenvalue weighted by atomic mass is 35.5. The van der Waals surface area contributed by atoms with Crippen LogP contribution < -0.4 is 5.73 Å². The Kier molecular flexibility index (Phi) is 10.8. The molecule has 0 fully saturated rings. The predicted molar refractivity (Wildman–Crippen MR) is 164 cm³/mol. The third-order valence-corrected chi connectivity index (χ3v) is 8.03. The number of aromatic amines is 2. The van der Waals surface area contributed by atoms with Crippen molar-refractivity contribution in [1.82, 2.24) is 20.4 Å². The molecule has 4 N–H and O–H groups in total. The Morgan fingerprint density at radius 2 is 1.39 bits per heavy atom. The zero-order valence-electron chi connectivity index (χ0n) is 21.3. The summed E-state index contributed by atoms with van der Waals surface area (Å²) in [5.74, 6) is -0.857. The van der Waals surface area contributed by atoms with Gasteiger partial charge in [0, 0.05) is 16.0 Å². The monoisotopic (exact) mass is 629 g/mol. The van der Waals surface area contributed by atoms with Gasteiger partial charge in [-0.15, -0.1) is 22.7 Å². The summed E-state index contributed by atoms with van der Waals surface area (Å²) in [4.78, 5) is 11.8. The standard InChI is InChI=1S/C15H12ClFN2S.C9H8FN3.C5H3ClOS/c16-13-9-7-11(20-13)6-8-12-14(17)15(19-18-12)10-4-2-1-3-5-10;10-7-8(12-13-9(7)11)6-4-2-1-3-5-6;6-5-2-1-4(3-7)8-5/h1-5,7,9H,6,8H2,(H,18,19);1-5H,(H3,11,12,13);1-3H. The Morgan fingerprint density at radius 1 is 0.756 bits per heavy atom. The minimum Gasteiger partial charge on any atom is -0.380 e. The van der Waals surface area contributed by atoms with Crippen LogP contribution in [0.4, 0.5) is 14.6 Å². The van der Waals surface area contributed by atoms with Gasteiger partial charge in [0.15, 0.2) is 23.7 Å². The molecule has 0 saturated carbocycles. The molecule has 41 heavy (non-hydrogen) atoms. The topological polar surface area (TPSA) is 100 Å². The van der Waals surface area contributed by atoms with E-state index in [2.05, 4.69) is 20.4 Å². The first-order valence-electron chi connectivity index (χ1n) is 12.1. The number of thiophene rings is 2. The number of carbonyl (C=O) groups excluding carboxylic acids is 1. The average molecular weight is 631 g/mol. The number of aldehydes is 1. The number of nitrogens with zero attached hydrogens (tertiary/aromatic N) is 2. The molecular formula is C29H23Cl2F2N5OS2. The van der Waals surface area contributed by atoms with Gasteiger partial charge in [-0.2, -0.15) is 10.2 Å². The van der Waals surface area contributed by atoms with Crippen LogP contribution in [0.5, 0.6) is 0 Å². The summed E-state index contributed by atoms with van der Waals surface area (Å²) >= 11 is 14.2. The van der Waals surface area contributed by atoms with Crippen molar-refractivity contribution in [2.75, 3.05) is 5.73 Å². The normalized spacial score (nSPS) is 10.3. The highest BCUT2D eigenvalue weighted by Gasteiger charge is 2.14. The molecule has 6 aromatic rings. The maximum atomic E-state index is 14.3. The van der Waals surface area contributed by atoms with Crippen LogP contribution in [0.25, 0.3) is 22.5 Å². The summed E-state index contributed by atoms with van der Waals surface area (Å²) in [5.41, 5.74) is 8.03. The number of nitrogens with two attached hydrogens (primary N) is 1. The third-order valence-electron chi connectivity index (χ3n) is 5.58. The number of benzene rings is 2. The number of anilines is 1. The van der Waals surface area contributed by atoms with Crippen LogP contribution in [0.2, 0.25) is 8.67 Å². The molecule has 12 heteroatoms. The molecule has 6 rings (SSSR count). The van der Waals surface area contributed by atoms with E-state index in [-0.39, 0.29) is 11.6 Å². The third kappa shape index (κ3) is 8.34. The lowest BCUT2D eigenvalue weighted by Gasteiger charge is -1.97. The molecule has 0 bridgehead atoms. The van der Waals surface area contributed by atoms with E-state index < -0.39 is 5.82 Å². The minimum absolute atomic E-state index is 0.0983. The zero-order chi connectivity index (χ0) is 29.2. The molecule has 0 aliphatic rings. The molecule has 0 amide bonds. The molecule has 210 valence electrons. The van der Waals surface area contributed by atoms with Crippen molar-refractivity contribution < 1.29 is 13.6 Å². The van der Waals surface area contributed by atoms with Crippen LogP contribution in [0.1, 0.15) is 20.2 Å². The molecule has 6 nitrogen and oxygen atoms in total. The van der Waals surface area contributed by atoms with Crippen molar-refractivity contribution in [3.8, 4) is 22.5 Å². The van der Waals surface area contributed by atoms with Crippen LogP contribution in [-0.2, 0) is 12.8 Å². The van der Waals surface area contributed by atoms with Gasteiger partial charge in [0.2, 0.25) is 0 Å². The molecule has 4 aromatic heterocycles. The lowest BCUT2D eigenvalue weighted by atomic mass is 10.1. The van der Waals surface area contributed by atoms with Gasteiger partial charge in [0.1, 0.15) is 11.4 Å². The van der Waals surface area contributed by atoms with Crippen molar-refractivity contribution in [3.63, 3.8) is 0 Å². The van der Waals surface area contributed by atoms with Crippen LogP contribution >= 0.6 is 45.9 Å². The molecule has 0 aliphatic carbocycles. The molecule has 4 heterocycles. The summed E-state index contributed by atoms with van der Waals surface area (Å²) < 4.78 is 29.0. The van der Waals surface area contributed by atoms with E-state index in [9.17, 15) is 13.6 Å². The van der Waals surface area contributed by atoms with Gasteiger partial charge >= 0.3 is 0 Å². The number of aromatic nitrogens is 4. The largest absolute Gasteiger partial charge is 0.380 e. The number of aryl methyl sites for hydroxylation is 2. The summed E-state index contributed by atoms with van der Waals surface area (Å²) in [6.07, 6.45) is 2.13. The van der Waals surface area contributed by atoms with Gasteiger partial charge in [-0.1, -0.05) is 83.9 Å². The summed E-state index contributed by atoms with van der Waals surface area (Å²) in [6.45, 7) is 0. The number of halogens is 4. The Hall–Kier alpha value is -3.83. The Bertz CT molecular complexity index is 1680. The summed E-state index contributed by atoms with van der Waals surface area (Å²) in [7, 11) is 0. The van der Waals surface area contributed by atoms with Crippen molar-refractivity contribution in [3.05, 3.63) is 121 Å². The van der Waals surface area contributed by atoms with Gasteiger partial charge in [0.25, 0.3) is 0 Å². The number of carbonyl (C=O) groups is 1. The number of nitrogen functional groups attached to an aromatic ring is 1. The van der Waals surface area contributed by atoms with Gasteiger partial charge in [-0.25, -0.2) is 8.78 Å². The second-order valence-electron chi connectivity index (χ2n) is 8.36. The van der Waals surface area contributed by atoms with E-state index in [0.717, 1.165) is 33.0 Å². The van der Waals surface area contributed by atoms with Gasteiger partial charge in [-0.3, -0.25) is 15.0 Å². The van der Waals surface area contributed by atoms with E-state index in [0.29, 0.717) is 32.7 Å². The van der Waals surface area contributed by atoms with E-state index >= 15 is 0 Å². The molecular weight excluding hydrogens is 607 g/mol. The fraction of sp³-hybridized carbons (Fsp3) is 0.0690. The van der Waals surface area contributed by atoms with Gasteiger partial charge in [0.05, 0.1) is 19.2 Å². The summed E-state index contributed by atoms with van der Waals surface area (Å²) in [5, 5.41) is 13.0. The molecule has 0 saturated heterocycles. The Balaban J connectivity index is 0.000000158. The predicted octanol–water partition coefficient (Wildman–Crippen LogP) is 8.73. The molecule has 0 radical (unpaired) electrons. The Labute approximate surface area is 252 Å². The number of H-pyrrole nitrogens is 2. The van der Waals surface area contributed by atoms with Crippen molar-refractivity contribution in [2.24, 2.45) is 0 Å². The molecule has 0 unspecified atom stereocenters. The highest BCUT2D eigenvalue weighted by molar-refractivity contribution is 7.17. The average Bonchev–Trinajstić information content (AvgIpc) is 3.78. The van der Waals surface area contributed by atoms with Crippen molar-refractivity contribution >= 4 is 58.0 Å². The van der Waals surface area contributed by atoms with E-state index in [1.807, 2.05) is 60.7 Å². The second-order valence-corrected chi connectivity index (χ2v) is 11.9. The van der Waals surface area contributed by atoms with E-state index in [1.165, 1.54) is 22.7 Å². The molecule has 0 spiro atoms. The summed E-state index contributed by atoms with van der Waals surface area (Å²) in [6, 6.07) is 25.7. The molecule has 0 aliphatic heterocycles. The number of hydrogen-bond acceptors (Lipinski definition) is 6. The Morgan fingerprint density at radius 3 is 1.90 bits per heavy atom. The second kappa shape index (κ2) is 14.7. The zero-order valence-corrected chi connectivity index (χ0v) is 24.4. The maximum absolute atomic E-state index is 14.3. The van der Waals surface area contributed by atoms with Crippen molar-refractivity contribution in [1.29, 1.82) is 0 Å². The lowest BCUT2D eigenvalue weighted by Crippen LogP contribution is -1.92. The fourth-order valence-corrected chi connectivity index (χ4v) is 5.54. The van der Waals surface area contributed by atoms with Crippen LogP contribution in [0, 0.1) is 11.6 Å². The number of rotatable bonds is 6. The van der Waals surface area contributed by atoms with Crippen LogP contribution in [0.3, 0.4) is 0 Å².